The topological polar surface area (TPSA) is 12.0 Å². The Labute approximate surface area is 116 Å². The van der Waals surface area contributed by atoms with Gasteiger partial charge in [-0.3, -0.25) is 0 Å². The molecule has 0 saturated heterocycles. The molecule has 1 atom stereocenters. The molecule has 0 radical (unpaired) electrons. The third kappa shape index (κ3) is 4.62. The number of halogens is 1. The van der Waals surface area contributed by atoms with Gasteiger partial charge in [-0.05, 0) is 48.8 Å². The van der Waals surface area contributed by atoms with Gasteiger partial charge in [-0.25, -0.2) is 0 Å². The van der Waals surface area contributed by atoms with Crippen LogP contribution in [0.3, 0.4) is 0 Å². The van der Waals surface area contributed by atoms with E-state index in [0.29, 0.717) is 5.92 Å². The predicted molar refractivity (Wildman–Crippen MR) is 79.3 cm³/mol. The molecule has 1 fully saturated rings. The van der Waals surface area contributed by atoms with Crippen molar-refractivity contribution in [2.45, 2.75) is 51.5 Å². The fourth-order valence-corrected chi connectivity index (χ4v) is 2.38. The molecule has 1 aliphatic carbocycles. The lowest BCUT2D eigenvalue weighted by Gasteiger charge is -2.19. The van der Waals surface area contributed by atoms with Crippen LogP contribution in [0.25, 0.3) is 0 Å². The van der Waals surface area contributed by atoms with E-state index in [1.165, 1.54) is 31.2 Å². The normalized spacial score (nSPS) is 17.1. The first-order valence-corrected chi connectivity index (χ1v) is 7.52. The number of nitrogens with one attached hydrogen (secondary N) is 1. The molecule has 0 bridgehead atoms. The molecule has 0 heterocycles. The zero-order valence-electron chi connectivity index (χ0n) is 11.5. The molecule has 1 unspecified atom stereocenters. The summed E-state index contributed by atoms with van der Waals surface area (Å²) in [7, 11) is 0. The molecular weight excluding hydrogens is 242 g/mol. The average Bonchev–Trinajstić information content (AvgIpc) is 3.14. The predicted octanol–water partition coefficient (Wildman–Crippen LogP) is 4.61. The fraction of sp³-hybridized carbons (Fsp3) is 0.625. The highest BCUT2D eigenvalue weighted by atomic mass is 35.5. The molecule has 2 heteroatoms. The van der Waals surface area contributed by atoms with Crippen molar-refractivity contribution in [3.8, 4) is 0 Å². The van der Waals surface area contributed by atoms with Gasteiger partial charge in [0.1, 0.15) is 0 Å². The molecule has 2 rings (SSSR count). The zero-order chi connectivity index (χ0) is 13.0. The van der Waals surface area contributed by atoms with Crippen LogP contribution in [-0.4, -0.2) is 12.6 Å². The van der Waals surface area contributed by atoms with Crippen molar-refractivity contribution in [1.29, 1.82) is 0 Å². The van der Waals surface area contributed by atoms with Crippen LogP contribution in [0.1, 0.15) is 51.0 Å². The SMILES string of the molecule is CC(C)CCC(CNC1CC1)c1ccc(Cl)cc1. The van der Waals surface area contributed by atoms with E-state index in [1.807, 2.05) is 12.1 Å². The van der Waals surface area contributed by atoms with E-state index in [-0.39, 0.29) is 0 Å². The molecule has 1 aliphatic rings. The standard InChI is InChI=1S/C16H24ClN/c1-12(2)3-4-14(11-18-16-9-10-16)13-5-7-15(17)8-6-13/h5-8,12,14,16,18H,3-4,9-11H2,1-2H3. The van der Waals surface area contributed by atoms with Gasteiger partial charge < -0.3 is 5.32 Å². The van der Waals surface area contributed by atoms with Gasteiger partial charge in [-0.1, -0.05) is 44.0 Å². The third-order valence-electron chi connectivity index (χ3n) is 3.66. The molecule has 1 nitrogen and oxygen atoms in total. The van der Waals surface area contributed by atoms with Crippen molar-refractivity contribution >= 4 is 11.6 Å². The Morgan fingerprint density at radius 3 is 2.39 bits per heavy atom. The molecule has 1 N–H and O–H groups in total. The van der Waals surface area contributed by atoms with E-state index in [1.54, 1.807) is 0 Å². The molecular formula is C16H24ClN. The van der Waals surface area contributed by atoms with E-state index < -0.39 is 0 Å². The van der Waals surface area contributed by atoms with E-state index in [4.69, 9.17) is 11.6 Å². The van der Waals surface area contributed by atoms with E-state index >= 15 is 0 Å². The van der Waals surface area contributed by atoms with Crippen molar-refractivity contribution < 1.29 is 0 Å². The maximum Gasteiger partial charge on any atom is 0.0406 e. The lowest BCUT2D eigenvalue weighted by Crippen LogP contribution is -2.23. The van der Waals surface area contributed by atoms with Crippen molar-refractivity contribution in [1.82, 2.24) is 5.32 Å². The highest BCUT2D eigenvalue weighted by molar-refractivity contribution is 6.30. The summed E-state index contributed by atoms with van der Waals surface area (Å²) >= 11 is 5.97. The Bertz CT molecular complexity index is 348. The Kier molecular flexibility index (Phi) is 5.08. The van der Waals surface area contributed by atoms with Crippen LogP contribution in [0.2, 0.25) is 5.02 Å². The molecule has 100 valence electrons. The number of hydrogen-bond acceptors (Lipinski definition) is 1. The second-order valence-corrected chi connectivity index (χ2v) is 6.34. The van der Waals surface area contributed by atoms with Crippen molar-refractivity contribution in [2.75, 3.05) is 6.54 Å². The van der Waals surface area contributed by atoms with Crippen LogP contribution in [-0.2, 0) is 0 Å². The summed E-state index contributed by atoms with van der Waals surface area (Å²) in [5.41, 5.74) is 1.42. The monoisotopic (exact) mass is 265 g/mol. The van der Waals surface area contributed by atoms with Crippen LogP contribution < -0.4 is 5.32 Å². The first-order chi connectivity index (χ1) is 8.65. The van der Waals surface area contributed by atoms with Gasteiger partial charge in [0.25, 0.3) is 0 Å². The summed E-state index contributed by atoms with van der Waals surface area (Å²) in [5.74, 6) is 1.41. The van der Waals surface area contributed by atoms with Gasteiger partial charge in [0.2, 0.25) is 0 Å². The van der Waals surface area contributed by atoms with Gasteiger partial charge in [0.05, 0.1) is 0 Å². The molecule has 18 heavy (non-hydrogen) atoms. The van der Waals surface area contributed by atoms with Crippen molar-refractivity contribution in [3.05, 3.63) is 34.9 Å². The lowest BCUT2D eigenvalue weighted by molar-refractivity contribution is 0.475. The zero-order valence-corrected chi connectivity index (χ0v) is 12.2. The summed E-state index contributed by atoms with van der Waals surface area (Å²) in [4.78, 5) is 0. The minimum Gasteiger partial charge on any atom is -0.313 e. The Hall–Kier alpha value is -0.530. The van der Waals surface area contributed by atoms with Crippen molar-refractivity contribution in [3.63, 3.8) is 0 Å². The fourth-order valence-electron chi connectivity index (χ4n) is 2.25. The van der Waals surface area contributed by atoms with Crippen LogP contribution in [0.15, 0.2) is 24.3 Å². The summed E-state index contributed by atoms with van der Waals surface area (Å²) in [5, 5.41) is 4.49. The highest BCUT2D eigenvalue weighted by Crippen LogP contribution is 2.26. The first-order valence-electron chi connectivity index (χ1n) is 7.14. The van der Waals surface area contributed by atoms with Crippen LogP contribution in [0, 0.1) is 5.92 Å². The van der Waals surface area contributed by atoms with Crippen molar-refractivity contribution in [2.24, 2.45) is 5.92 Å². The molecule has 0 aromatic heterocycles. The minimum absolute atomic E-state index is 0.630. The number of rotatable bonds is 7. The highest BCUT2D eigenvalue weighted by Gasteiger charge is 2.22. The van der Waals surface area contributed by atoms with Gasteiger partial charge in [0, 0.05) is 17.6 Å². The van der Waals surface area contributed by atoms with Crippen LogP contribution >= 0.6 is 11.6 Å². The maximum absolute atomic E-state index is 5.97. The molecule has 0 amide bonds. The largest absolute Gasteiger partial charge is 0.313 e. The maximum atomic E-state index is 5.97. The van der Waals surface area contributed by atoms with E-state index in [2.05, 4.69) is 31.3 Å². The van der Waals surface area contributed by atoms with Crippen LogP contribution in [0.4, 0.5) is 0 Å². The quantitative estimate of drug-likeness (QED) is 0.759. The van der Waals surface area contributed by atoms with E-state index in [9.17, 15) is 0 Å². The van der Waals surface area contributed by atoms with Gasteiger partial charge in [-0.15, -0.1) is 0 Å². The smallest absolute Gasteiger partial charge is 0.0406 e. The number of benzene rings is 1. The lowest BCUT2D eigenvalue weighted by atomic mass is 9.91. The Morgan fingerprint density at radius 1 is 1.17 bits per heavy atom. The van der Waals surface area contributed by atoms with Crippen LogP contribution in [0.5, 0.6) is 0 Å². The summed E-state index contributed by atoms with van der Waals surface area (Å²) in [6.45, 7) is 5.71. The Morgan fingerprint density at radius 2 is 1.83 bits per heavy atom. The number of hydrogen-bond donors (Lipinski definition) is 1. The molecule has 0 aliphatic heterocycles. The molecule has 1 aromatic rings. The van der Waals surface area contributed by atoms with Gasteiger partial charge in [-0.2, -0.15) is 0 Å². The average molecular weight is 266 g/mol. The second-order valence-electron chi connectivity index (χ2n) is 5.90. The minimum atomic E-state index is 0.630. The molecule has 0 spiro atoms. The third-order valence-corrected chi connectivity index (χ3v) is 3.92. The molecule has 1 saturated carbocycles. The molecule has 1 aromatic carbocycles. The summed E-state index contributed by atoms with van der Waals surface area (Å²) in [6, 6.07) is 9.18. The van der Waals surface area contributed by atoms with E-state index in [0.717, 1.165) is 23.5 Å². The summed E-state index contributed by atoms with van der Waals surface area (Å²) < 4.78 is 0. The van der Waals surface area contributed by atoms with Gasteiger partial charge in [0.15, 0.2) is 0 Å². The Balaban J connectivity index is 1.94. The van der Waals surface area contributed by atoms with Gasteiger partial charge >= 0.3 is 0 Å². The summed E-state index contributed by atoms with van der Waals surface area (Å²) in [6.07, 6.45) is 5.27. The first kappa shape index (κ1) is 13.9. The second kappa shape index (κ2) is 6.58.